The van der Waals surface area contributed by atoms with Crippen LogP contribution in [0, 0.1) is 13.8 Å². The fourth-order valence-corrected chi connectivity index (χ4v) is 3.56. The molecule has 0 aromatic heterocycles. The first-order chi connectivity index (χ1) is 9.63. The number of fused-ring (bicyclic) bond motifs is 1. The molecule has 3 nitrogen and oxygen atoms in total. The van der Waals surface area contributed by atoms with Gasteiger partial charge in [0.05, 0.1) is 6.61 Å². The lowest BCUT2D eigenvalue weighted by Gasteiger charge is -2.35. The van der Waals surface area contributed by atoms with E-state index in [0.717, 1.165) is 18.8 Å². The largest absolute Gasteiger partial charge is 0.493 e. The summed E-state index contributed by atoms with van der Waals surface area (Å²) in [7, 11) is 2.22. The van der Waals surface area contributed by atoms with Crippen molar-refractivity contribution in [2.24, 2.45) is 0 Å². The van der Waals surface area contributed by atoms with Crippen LogP contribution in [0.5, 0.6) is 5.75 Å². The molecule has 0 aliphatic carbocycles. The number of likely N-dealkylation sites (tertiary alicyclic amines) is 1. The van der Waals surface area contributed by atoms with E-state index in [4.69, 9.17) is 4.74 Å². The van der Waals surface area contributed by atoms with Crippen molar-refractivity contribution in [3.63, 3.8) is 0 Å². The van der Waals surface area contributed by atoms with Crippen molar-refractivity contribution in [1.82, 2.24) is 10.2 Å². The quantitative estimate of drug-likeness (QED) is 0.897. The van der Waals surface area contributed by atoms with E-state index in [9.17, 15) is 0 Å². The number of rotatable bonds is 2. The third-order valence-corrected chi connectivity index (χ3v) is 4.66. The second-order valence-electron chi connectivity index (χ2n) is 6.43. The number of ether oxygens (including phenoxy) is 1. The highest BCUT2D eigenvalue weighted by atomic mass is 16.5. The Hall–Kier alpha value is -1.06. The molecule has 110 valence electrons. The Morgan fingerprint density at radius 3 is 2.65 bits per heavy atom. The summed E-state index contributed by atoms with van der Waals surface area (Å²) in [6.07, 6.45) is 3.60. The lowest BCUT2D eigenvalue weighted by atomic mass is 9.92. The number of nitrogens with zero attached hydrogens (tertiary/aromatic N) is 1. The fraction of sp³-hybridized carbons (Fsp3) is 0.647. The molecule has 1 unspecified atom stereocenters. The van der Waals surface area contributed by atoms with Crippen LogP contribution >= 0.6 is 0 Å². The van der Waals surface area contributed by atoms with Gasteiger partial charge in [-0.3, -0.25) is 0 Å². The first-order valence-corrected chi connectivity index (χ1v) is 7.82. The van der Waals surface area contributed by atoms with Crippen LogP contribution in [0.3, 0.4) is 0 Å². The van der Waals surface area contributed by atoms with Gasteiger partial charge in [0.15, 0.2) is 0 Å². The van der Waals surface area contributed by atoms with Crippen LogP contribution in [-0.4, -0.2) is 37.7 Å². The molecule has 0 amide bonds. The zero-order chi connectivity index (χ0) is 14.1. The Balaban J connectivity index is 1.76. The minimum atomic E-state index is 0.466. The molecule has 2 aliphatic rings. The van der Waals surface area contributed by atoms with Gasteiger partial charge in [0, 0.05) is 24.1 Å². The van der Waals surface area contributed by atoms with Crippen molar-refractivity contribution in [2.75, 3.05) is 26.7 Å². The maximum atomic E-state index is 5.87. The maximum absolute atomic E-state index is 5.87. The molecule has 1 fully saturated rings. The summed E-state index contributed by atoms with van der Waals surface area (Å²) in [5, 5.41) is 3.89. The highest BCUT2D eigenvalue weighted by Crippen LogP contribution is 2.36. The molecule has 3 heteroatoms. The van der Waals surface area contributed by atoms with Crippen molar-refractivity contribution >= 4 is 0 Å². The zero-order valence-electron chi connectivity index (χ0n) is 12.9. The highest BCUT2D eigenvalue weighted by Gasteiger charge is 2.27. The van der Waals surface area contributed by atoms with Gasteiger partial charge < -0.3 is 15.0 Å². The van der Waals surface area contributed by atoms with Gasteiger partial charge in [0.2, 0.25) is 0 Å². The number of aryl methyl sites for hydroxylation is 2. The topological polar surface area (TPSA) is 24.5 Å². The standard InChI is InChI=1S/C17H26N2O/c1-12-10-13(2)17-15(6-9-20-16(17)11-12)18-14-4-7-19(3)8-5-14/h10-11,14-15,18H,4-9H2,1-3H3. The molecule has 0 spiro atoms. The molecule has 1 aromatic carbocycles. The van der Waals surface area contributed by atoms with Crippen LogP contribution in [0.25, 0.3) is 0 Å². The van der Waals surface area contributed by atoms with E-state index in [-0.39, 0.29) is 0 Å². The average Bonchev–Trinajstić information content (AvgIpc) is 2.41. The van der Waals surface area contributed by atoms with E-state index in [2.05, 4.69) is 43.2 Å². The SMILES string of the molecule is Cc1cc(C)c2c(c1)OCCC2NC1CCN(C)CC1. The van der Waals surface area contributed by atoms with Crippen molar-refractivity contribution < 1.29 is 4.74 Å². The van der Waals surface area contributed by atoms with E-state index in [1.165, 1.54) is 42.6 Å². The number of piperidine rings is 1. The van der Waals surface area contributed by atoms with E-state index < -0.39 is 0 Å². The van der Waals surface area contributed by atoms with Gasteiger partial charge in [-0.1, -0.05) is 6.07 Å². The number of nitrogens with one attached hydrogen (secondary N) is 1. The van der Waals surface area contributed by atoms with E-state index in [1.54, 1.807) is 0 Å². The van der Waals surface area contributed by atoms with Gasteiger partial charge in [-0.15, -0.1) is 0 Å². The highest BCUT2D eigenvalue weighted by molar-refractivity contribution is 5.46. The molecule has 2 aliphatic heterocycles. The summed E-state index contributed by atoms with van der Waals surface area (Å²) in [5.41, 5.74) is 4.05. The van der Waals surface area contributed by atoms with Gasteiger partial charge in [-0.25, -0.2) is 0 Å². The van der Waals surface area contributed by atoms with Crippen LogP contribution in [0.4, 0.5) is 0 Å². The Kier molecular flexibility index (Phi) is 3.99. The van der Waals surface area contributed by atoms with Crippen molar-refractivity contribution in [3.8, 4) is 5.75 Å². The summed E-state index contributed by atoms with van der Waals surface area (Å²) in [5.74, 6) is 1.10. The third kappa shape index (κ3) is 2.84. The molecule has 3 rings (SSSR count). The van der Waals surface area contributed by atoms with Crippen LogP contribution in [0.15, 0.2) is 12.1 Å². The average molecular weight is 274 g/mol. The first-order valence-electron chi connectivity index (χ1n) is 7.82. The zero-order valence-corrected chi connectivity index (χ0v) is 12.9. The lowest BCUT2D eigenvalue weighted by molar-refractivity contribution is 0.199. The van der Waals surface area contributed by atoms with Gasteiger partial charge in [0.25, 0.3) is 0 Å². The van der Waals surface area contributed by atoms with Crippen molar-refractivity contribution in [2.45, 2.75) is 45.2 Å². The molecule has 1 atom stereocenters. The summed E-state index contributed by atoms with van der Waals surface area (Å²) in [6, 6.07) is 5.58. The molecule has 2 heterocycles. The number of benzene rings is 1. The number of hydrogen-bond acceptors (Lipinski definition) is 3. The normalized spacial score (nSPS) is 24.2. The van der Waals surface area contributed by atoms with Crippen LogP contribution in [-0.2, 0) is 0 Å². The molecule has 0 saturated carbocycles. The van der Waals surface area contributed by atoms with Gasteiger partial charge >= 0.3 is 0 Å². The Morgan fingerprint density at radius 2 is 1.90 bits per heavy atom. The molecular formula is C17H26N2O. The van der Waals surface area contributed by atoms with E-state index in [0.29, 0.717) is 12.1 Å². The molecule has 20 heavy (non-hydrogen) atoms. The maximum Gasteiger partial charge on any atom is 0.124 e. The van der Waals surface area contributed by atoms with Crippen LogP contribution < -0.4 is 10.1 Å². The van der Waals surface area contributed by atoms with E-state index >= 15 is 0 Å². The molecule has 0 radical (unpaired) electrons. The Morgan fingerprint density at radius 1 is 1.15 bits per heavy atom. The predicted molar refractivity (Wildman–Crippen MR) is 82.4 cm³/mol. The summed E-state index contributed by atoms with van der Waals surface area (Å²) in [4.78, 5) is 2.42. The lowest BCUT2D eigenvalue weighted by Crippen LogP contribution is -2.43. The smallest absolute Gasteiger partial charge is 0.124 e. The Labute approximate surface area is 122 Å². The fourth-order valence-electron chi connectivity index (χ4n) is 3.56. The molecule has 0 bridgehead atoms. The second-order valence-corrected chi connectivity index (χ2v) is 6.43. The van der Waals surface area contributed by atoms with E-state index in [1.807, 2.05) is 0 Å². The summed E-state index contributed by atoms with van der Waals surface area (Å²) >= 11 is 0. The molecular weight excluding hydrogens is 248 g/mol. The van der Waals surface area contributed by atoms with Gasteiger partial charge in [-0.2, -0.15) is 0 Å². The molecule has 1 saturated heterocycles. The van der Waals surface area contributed by atoms with Crippen LogP contribution in [0.2, 0.25) is 0 Å². The molecule has 1 N–H and O–H groups in total. The summed E-state index contributed by atoms with van der Waals surface area (Å²) < 4.78 is 5.87. The van der Waals surface area contributed by atoms with Gasteiger partial charge in [-0.05, 0) is 64.0 Å². The predicted octanol–water partition coefficient (Wildman–Crippen LogP) is 2.81. The monoisotopic (exact) mass is 274 g/mol. The Bertz CT molecular complexity index is 478. The van der Waals surface area contributed by atoms with Crippen molar-refractivity contribution in [1.29, 1.82) is 0 Å². The third-order valence-electron chi connectivity index (χ3n) is 4.66. The summed E-state index contributed by atoms with van der Waals surface area (Å²) in [6.45, 7) is 7.61. The van der Waals surface area contributed by atoms with Crippen molar-refractivity contribution in [3.05, 3.63) is 28.8 Å². The number of hydrogen-bond donors (Lipinski definition) is 1. The minimum absolute atomic E-state index is 0.466. The second kappa shape index (κ2) is 5.74. The van der Waals surface area contributed by atoms with Gasteiger partial charge in [0.1, 0.15) is 5.75 Å². The van der Waals surface area contributed by atoms with Crippen LogP contribution in [0.1, 0.15) is 42.0 Å². The minimum Gasteiger partial charge on any atom is -0.493 e. The molecule has 1 aromatic rings. The first kappa shape index (κ1) is 13.9.